The number of halogens is 1. The van der Waals surface area contributed by atoms with Crippen LogP contribution in [0.4, 0.5) is 5.69 Å². The summed E-state index contributed by atoms with van der Waals surface area (Å²) in [5.41, 5.74) is 1.07. The van der Waals surface area contributed by atoms with Crippen molar-refractivity contribution in [3.05, 3.63) is 53.0 Å². The van der Waals surface area contributed by atoms with Crippen molar-refractivity contribution in [2.75, 3.05) is 38.2 Å². The Balaban J connectivity index is 1.57. The molecular formula is C20H23BrN2O3. The number of amides is 1. The van der Waals surface area contributed by atoms with E-state index in [0.717, 1.165) is 29.0 Å². The highest BCUT2D eigenvalue weighted by Gasteiger charge is 2.27. The molecule has 0 spiro atoms. The molecule has 0 aliphatic carbocycles. The third-order valence-corrected chi connectivity index (χ3v) is 5.02. The minimum absolute atomic E-state index is 0.0209. The number of benzene rings is 2. The number of hydrogen-bond donors (Lipinski definition) is 0. The fourth-order valence-electron chi connectivity index (χ4n) is 3.08. The molecule has 0 unspecified atom stereocenters. The van der Waals surface area contributed by atoms with E-state index in [2.05, 4.69) is 26.9 Å². The molecule has 1 heterocycles. The summed E-state index contributed by atoms with van der Waals surface area (Å²) in [6, 6.07) is 15.5. The van der Waals surface area contributed by atoms with Crippen molar-refractivity contribution in [2.45, 2.75) is 13.0 Å². The predicted molar refractivity (Wildman–Crippen MR) is 106 cm³/mol. The van der Waals surface area contributed by atoms with Crippen LogP contribution in [0.15, 0.2) is 53.0 Å². The maximum Gasteiger partial charge on any atom is 0.263 e. The zero-order valence-electron chi connectivity index (χ0n) is 15.0. The van der Waals surface area contributed by atoms with E-state index >= 15 is 0 Å². The van der Waals surface area contributed by atoms with Crippen LogP contribution in [0.2, 0.25) is 0 Å². The largest absolute Gasteiger partial charge is 0.495 e. The number of carbonyl (C=O) groups excluding carboxylic acids is 1. The molecule has 26 heavy (non-hydrogen) atoms. The van der Waals surface area contributed by atoms with Crippen molar-refractivity contribution in [3.8, 4) is 11.5 Å². The van der Waals surface area contributed by atoms with E-state index in [1.807, 2.05) is 47.4 Å². The Morgan fingerprint density at radius 2 is 1.69 bits per heavy atom. The Bertz CT molecular complexity index is 743. The van der Waals surface area contributed by atoms with Gasteiger partial charge in [0, 0.05) is 30.7 Å². The Morgan fingerprint density at radius 3 is 2.35 bits per heavy atom. The first kappa shape index (κ1) is 18.6. The highest BCUT2D eigenvalue weighted by Crippen LogP contribution is 2.28. The topological polar surface area (TPSA) is 42.0 Å². The molecule has 1 fully saturated rings. The lowest BCUT2D eigenvalue weighted by Crippen LogP contribution is -2.52. The number of rotatable bonds is 5. The molecule has 1 saturated heterocycles. The van der Waals surface area contributed by atoms with Crippen molar-refractivity contribution < 1.29 is 14.3 Å². The first-order valence-electron chi connectivity index (χ1n) is 8.67. The number of nitrogens with zero attached hydrogens (tertiary/aromatic N) is 2. The van der Waals surface area contributed by atoms with E-state index < -0.39 is 6.10 Å². The van der Waals surface area contributed by atoms with Gasteiger partial charge in [0.05, 0.1) is 12.8 Å². The van der Waals surface area contributed by atoms with Gasteiger partial charge in [-0.05, 0) is 43.3 Å². The van der Waals surface area contributed by atoms with Gasteiger partial charge in [-0.2, -0.15) is 0 Å². The average molecular weight is 419 g/mol. The standard InChI is InChI=1S/C20H23BrN2O3/c1-15(26-17-9-7-16(21)8-10-17)20(24)23-13-11-22(12-14-23)18-5-3-4-6-19(18)25-2/h3-10,15H,11-14H2,1-2H3/t15-/m1/s1. The molecule has 1 aliphatic heterocycles. The second-order valence-corrected chi connectivity index (χ2v) is 7.11. The number of piperazine rings is 1. The second kappa shape index (κ2) is 8.45. The molecule has 138 valence electrons. The summed E-state index contributed by atoms with van der Waals surface area (Å²) in [5, 5.41) is 0. The number of methoxy groups -OCH3 is 1. The highest BCUT2D eigenvalue weighted by molar-refractivity contribution is 9.10. The molecule has 6 heteroatoms. The van der Waals surface area contributed by atoms with Crippen LogP contribution in [0.25, 0.3) is 0 Å². The third kappa shape index (κ3) is 4.30. The molecule has 1 atom stereocenters. The SMILES string of the molecule is COc1ccccc1N1CCN(C(=O)[C@@H](C)Oc2ccc(Br)cc2)CC1. The van der Waals surface area contributed by atoms with E-state index in [1.165, 1.54) is 0 Å². The smallest absolute Gasteiger partial charge is 0.263 e. The Labute approximate surface area is 162 Å². The fraction of sp³-hybridized carbons (Fsp3) is 0.350. The first-order chi connectivity index (χ1) is 12.6. The predicted octanol–water partition coefficient (Wildman–Crippen LogP) is 3.57. The summed E-state index contributed by atoms with van der Waals surface area (Å²) in [6.45, 7) is 4.70. The van der Waals surface area contributed by atoms with Crippen molar-refractivity contribution in [3.63, 3.8) is 0 Å². The van der Waals surface area contributed by atoms with Gasteiger partial charge in [-0.15, -0.1) is 0 Å². The number of para-hydroxylation sites is 2. The van der Waals surface area contributed by atoms with Crippen LogP contribution >= 0.6 is 15.9 Å². The van der Waals surface area contributed by atoms with Crippen molar-refractivity contribution >= 4 is 27.5 Å². The molecule has 2 aromatic carbocycles. The number of ether oxygens (including phenoxy) is 2. The van der Waals surface area contributed by atoms with E-state index in [-0.39, 0.29) is 5.91 Å². The Kier molecular flexibility index (Phi) is 6.04. The Hall–Kier alpha value is -2.21. The van der Waals surface area contributed by atoms with Gasteiger partial charge in [0.15, 0.2) is 6.10 Å². The summed E-state index contributed by atoms with van der Waals surface area (Å²) < 4.78 is 12.2. The molecule has 0 saturated carbocycles. The summed E-state index contributed by atoms with van der Waals surface area (Å²) in [5.74, 6) is 1.58. The van der Waals surface area contributed by atoms with Crippen molar-refractivity contribution in [1.82, 2.24) is 4.90 Å². The monoisotopic (exact) mass is 418 g/mol. The van der Waals surface area contributed by atoms with Gasteiger partial charge in [-0.25, -0.2) is 0 Å². The molecule has 2 aromatic rings. The van der Waals surface area contributed by atoms with E-state index in [4.69, 9.17) is 9.47 Å². The van der Waals surface area contributed by atoms with Gasteiger partial charge >= 0.3 is 0 Å². The lowest BCUT2D eigenvalue weighted by atomic mass is 10.2. The van der Waals surface area contributed by atoms with Crippen LogP contribution in [0.5, 0.6) is 11.5 Å². The Morgan fingerprint density at radius 1 is 1.04 bits per heavy atom. The zero-order chi connectivity index (χ0) is 18.5. The quantitative estimate of drug-likeness (QED) is 0.743. The van der Waals surface area contributed by atoms with Crippen LogP contribution < -0.4 is 14.4 Å². The van der Waals surface area contributed by atoms with E-state index in [0.29, 0.717) is 18.8 Å². The van der Waals surface area contributed by atoms with Gasteiger partial charge in [0.1, 0.15) is 11.5 Å². The van der Waals surface area contributed by atoms with Crippen LogP contribution in [0.3, 0.4) is 0 Å². The summed E-state index contributed by atoms with van der Waals surface area (Å²) in [7, 11) is 1.68. The molecule has 3 rings (SSSR count). The molecule has 0 N–H and O–H groups in total. The molecule has 5 nitrogen and oxygen atoms in total. The molecule has 1 aliphatic rings. The summed E-state index contributed by atoms with van der Waals surface area (Å²) in [6.07, 6.45) is -0.506. The first-order valence-corrected chi connectivity index (χ1v) is 9.47. The minimum Gasteiger partial charge on any atom is -0.495 e. The van der Waals surface area contributed by atoms with Gasteiger partial charge in [-0.3, -0.25) is 4.79 Å². The van der Waals surface area contributed by atoms with E-state index in [9.17, 15) is 4.79 Å². The number of carbonyl (C=O) groups is 1. The van der Waals surface area contributed by atoms with Crippen LogP contribution in [-0.4, -0.2) is 50.2 Å². The molecule has 1 amide bonds. The highest BCUT2D eigenvalue weighted by atomic mass is 79.9. The van der Waals surface area contributed by atoms with Gasteiger partial charge in [-0.1, -0.05) is 28.1 Å². The summed E-state index contributed by atoms with van der Waals surface area (Å²) >= 11 is 3.39. The molecule has 0 aromatic heterocycles. The number of hydrogen-bond acceptors (Lipinski definition) is 4. The van der Waals surface area contributed by atoms with Gasteiger partial charge in [0.2, 0.25) is 0 Å². The average Bonchev–Trinajstić information content (AvgIpc) is 2.69. The maximum absolute atomic E-state index is 12.7. The molecule has 0 bridgehead atoms. The van der Waals surface area contributed by atoms with Crippen LogP contribution in [0, 0.1) is 0 Å². The normalized spacial score (nSPS) is 15.5. The lowest BCUT2D eigenvalue weighted by molar-refractivity contribution is -0.138. The molecular weight excluding hydrogens is 396 g/mol. The number of anilines is 1. The lowest BCUT2D eigenvalue weighted by Gasteiger charge is -2.37. The van der Waals surface area contributed by atoms with Crippen LogP contribution in [-0.2, 0) is 4.79 Å². The van der Waals surface area contributed by atoms with Gasteiger partial charge in [0.25, 0.3) is 5.91 Å². The van der Waals surface area contributed by atoms with Crippen molar-refractivity contribution in [2.24, 2.45) is 0 Å². The zero-order valence-corrected chi connectivity index (χ0v) is 16.6. The van der Waals surface area contributed by atoms with Gasteiger partial charge < -0.3 is 19.3 Å². The van der Waals surface area contributed by atoms with Crippen LogP contribution in [0.1, 0.15) is 6.92 Å². The third-order valence-electron chi connectivity index (χ3n) is 4.49. The molecule has 0 radical (unpaired) electrons. The fourth-order valence-corrected chi connectivity index (χ4v) is 3.35. The minimum atomic E-state index is -0.506. The maximum atomic E-state index is 12.7. The second-order valence-electron chi connectivity index (χ2n) is 6.20. The van der Waals surface area contributed by atoms with E-state index in [1.54, 1.807) is 14.0 Å². The van der Waals surface area contributed by atoms with Crippen molar-refractivity contribution in [1.29, 1.82) is 0 Å². The summed E-state index contributed by atoms with van der Waals surface area (Å²) in [4.78, 5) is 16.8.